The molecule has 0 amide bonds. The SMILES string of the molecule is CC1CCC(c2n[nH]c(CN)n2)CC1. The van der Waals surface area contributed by atoms with Gasteiger partial charge in [0, 0.05) is 5.92 Å². The minimum absolute atomic E-state index is 0.454. The highest BCUT2D eigenvalue weighted by Crippen LogP contribution is 2.33. The van der Waals surface area contributed by atoms with E-state index in [1.54, 1.807) is 0 Å². The van der Waals surface area contributed by atoms with Gasteiger partial charge in [-0.05, 0) is 18.8 Å². The summed E-state index contributed by atoms with van der Waals surface area (Å²) in [5.74, 6) is 3.21. The van der Waals surface area contributed by atoms with Crippen LogP contribution in [-0.2, 0) is 6.54 Å². The zero-order chi connectivity index (χ0) is 9.97. The normalized spacial score (nSPS) is 27.9. The van der Waals surface area contributed by atoms with Crippen molar-refractivity contribution >= 4 is 0 Å². The quantitative estimate of drug-likeness (QED) is 0.750. The maximum Gasteiger partial charge on any atom is 0.153 e. The van der Waals surface area contributed by atoms with E-state index in [1.807, 2.05) is 0 Å². The Labute approximate surface area is 84.3 Å². The van der Waals surface area contributed by atoms with E-state index in [0.717, 1.165) is 17.6 Å². The van der Waals surface area contributed by atoms with E-state index in [0.29, 0.717) is 12.5 Å². The van der Waals surface area contributed by atoms with Crippen LogP contribution in [0, 0.1) is 5.92 Å². The number of nitrogens with two attached hydrogens (primary N) is 1. The smallest absolute Gasteiger partial charge is 0.153 e. The summed E-state index contributed by atoms with van der Waals surface area (Å²) in [6, 6.07) is 0. The fourth-order valence-electron chi connectivity index (χ4n) is 2.10. The molecular formula is C10H18N4. The molecule has 2 rings (SSSR count). The predicted octanol–water partition coefficient (Wildman–Crippen LogP) is 1.56. The van der Waals surface area contributed by atoms with Crippen LogP contribution in [0.1, 0.15) is 50.2 Å². The van der Waals surface area contributed by atoms with Crippen molar-refractivity contribution in [1.82, 2.24) is 15.2 Å². The summed E-state index contributed by atoms with van der Waals surface area (Å²) in [5.41, 5.74) is 5.48. The van der Waals surface area contributed by atoms with Crippen molar-refractivity contribution in [2.45, 2.75) is 45.1 Å². The monoisotopic (exact) mass is 194 g/mol. The van der Waals surface area contributed by atoms with Crippen molar-refractivity contribution in [3.8, 4) is 0 Å². The van der Waals surface area contributed by atoms with E-state index in [-0.39, 0.29) is 0 Å². The molecule has 3 N–H and O–H groups in total. The van der Waals surface area contributed by atoms with Crippen molar-refractivity contribution in [2.24, 2.45) is 11.7 Å². The van der Waals surface area contributed by atoms with Gasteiger partial charge in [-0.1, -0.05) is 19.8 Å². The Balaban J connectivity index is 2.01. The van der Waals surface area contributed by atoms with E-state index >= 15 is 0 Å². The second kappa shape index (κ2) is 4.09. The van der Waals surface area contributed by atoms with Gasteiger partial charge in [0.25, 0.3) is 0 Å². The van der Waals surface area contributed by atoms with Gasteiger partial charge >= 0.3 is 0 Å². The first kappa shape index (κ1) is 9.65. The lowest BCUT2D eigenvalue weighted by molar-refractivity contribution is 0.340. The maximum absolute atomic E-state index is 5.48. The Bertz CT molecular complexity index is 286. The molecule has 0 unspecified atom stereocenters. The summed E-state index contributed by atoms with van der Waals surface area (Å²) in [7, 11) is 0. The van der Waals surface area contributed by atoms with E-state index in [9.17, 15) is 0 Å². The molecule has 1 aromatic rings. The molecule has 0 bridgehead atoms. The van der Waals surface area contributed by atoms with Crippen LogP contribution < -0.4 is 5.73 Å². The molecule has 1 aliphatic rings. The van der Waals surface area contributed by atoms with Crippen molar-refractivity contribution in [1.29, 1.82) is 0 Å². The van der Waals surface area contributed by atoms with Crippen molar-refractivity contribution in [3.05, 3.63) is 11.6 Å². The number of rotatable bonds is 2. The van der Waals surface area contributed by atoms with Crippen LogP contribution in [0.15, 0.2) is 0 Å². The van der Waals surface area contributed by atoms with Crippen molar-refractivity contribution in [2.75, 3.05) is 0 Å². The third-order valence-corrected chi connectivity index (χ3v) is 3.12. The fourth-order valence-corrected chi connectivity index (χ4v) is 2.10. The molecule has 0 spiro atoms. The molecule has 78 valence electrons. The van der Waals surface area contributed by atoms with E-state index in [4.69, 9.17) is 5.73 Å². The summed E-state index contributed by atoms with van der Waals surface area (Å²) in [5, 5.41) is 7.10. The van der Waals surface area contributed by atoms with Crippen LogP contribution in [-0.4, -0.2) is 15.2 Å². The van der Waals surface area contributed by atoms with Crippen LogP contribution in [0.25, 0.3) is 0 Å². The molecule has 4 nitrogen and oxygen atoms in total. The largest absolute Gasteiger partial charge is 0.324 e. The summed E-state index contributed by atoms with van der Waals surface area (Å²) in [6.45, 7) is 2.77. The molecule has 4 heteroatoms. The van der Waals surface area contributed by atoms with Crippen LogP contribution in [0.5, 0.6) is 0 Å². The predicted molar refractivity (Wildman–Crippen MR) is 54.6 cm³/mol. The van der Waals surface area contributed by atoms with Crippen LogP contribution >= 0.6 is 0 Å². The van der Waals surface area contributed by atoms with Crippen LogP contribution in [0.4, 0.5) is 0 Å². The first-order chi connectivity index (χ1) is 6.79. The van der Waals surface area contributed by atoms with Gasteiger partial charge in [-0.15, -0.1) is 0 Å². The number of aromatic nitrogens is 3. The summed E-state index contributed by atoms with van der Waals surface area (Å²) in [6.07, 6.45) is 5.06. The first-order valence-corrected chi connectivity index (χ1v) is 5.41. The number of hydrogen-bond acceptors (Lipinski definition) is 3. The zero-order valence-corrected chi connectivity index (χ0v) is 8.66. The molecule has 14 heavy (non-hydrogen) atoms. The standard InChI is InChI=1S/C10H18N4/c1-7-2-4-8(5-3-7)10-12-9(6-11)13-14-10/h7-8H,2-6,11H2,1H3,(H,12,13,14). The fraction of sp³-hybridized carbons (Fsp3) is 0.800. The molecule has 1 heterocycles. The van der Waals surface area contributed by atoms with Gasteiger partial charge in [0.1, 0.15) is 5.82 Å². The van der Waals surface area contributed by atoms with Crippen molar-refractivity contribution < 1.29 is 0 Å². The van der Waals surface area contributed by atoms with E-state index in [2.05, 4.69) is 22.1 Å². The molecule has 0 aliphatic heterocycles. The zero-order valence-electron chi connectivity index (χ0n) is 8.66. The number of nitrogens with zero attached hydrogens (tertiary/aromatic N) is 2. The van der Waals surface area contributed by atoms with Gasteiger partial charge < -0.3 is 5.73 Å². The Morgan fingerprint density at radius 1 is 1.36 bits per heavy atom. The second-order valence-corrected chi connectivity index (χ2v) is 4.30. The van der Waals surface area contributed by atoms with Gasteiger partial charge in [-0.25, -0.2) is 4.98 Å². The van der Waals surface area contributed by atoms with Gasteiger partial charge in [-0.3, -0.25) is 5.10 Å². The molecule has 1 aromatic heterocycles. The van der Waals surface area contributed by atoms with Crippen molar-refractivity contribution in [3.63, 3.8) is 0 Å². The summed E-state index contributed by atoms with van der Waals surface area (Å²) < 4.78 is 0. The molecule has 1 aliphatic carbocycles. The van der Waals surface area contributed by atoms with Gasteiger partial charge in [0.2, 0.25) is 0 Å². The van der Waals surface area contributed by atoms with E-state index < -0.39 is 0 Å². The lowest BCUT2D eigenvalue weighted by atomic mass is 9.83. The molecule has 0 radical (unpaired) electrons. The highest BCUT2D eigenvalue weighted by Gasteiger charge is 2.22. The van der Waals surface area contributed by atoms with E-state index in [1.165, 1.54) is 25.7 Å². The average molecular weight is 194 g/mol. The molecule has 1 fully saturated rings. The number of nitrogens with one attached hydrogen (secondary N) is 1. The Kier molecular flexibility index (Phi) is 2.82. The molecule has 1 saturated carbocycles. The maximum atomic E-state index is 5.48. The molecule has 0 saturated heterocycles. The van der Waals surface area contributed by atoms with Crippen LogP contribution in [0.2, 0.25) is 0 Å². The van der Waals surface area contributed by atoms with Gasteiger partial charge in [0.15, 0.2) is 5.82 Å². The first-order valence-electron chi connectivity index (χ1n) is 5.41. The molecule has 0 atom stereocenters. The topological polar surface area (TPSA) is 67.6 Å². The lowest BCUT2D eigenvalue weighted by Gasteiger charge is -2.23. The molecular weight excluding hydrogens is 176 g/mol. The van der Waals surface area contributed by atoms with Gasteiger partial charge in [0.05, 0.1) is 6.54 Å². The molecule has 0 aromatic carbocycles. The lowest BCUT2D eigenvalue weighted by Crippen LogP contribution is -2.12. The third-order valence-electron chi connectivity index (χ3n) is 3.12. The highest BCUT2D eigenvalue weighted by atomic mass is 15.2. The number of hydrogen-bond donors (Lipinski definition) is 2. The number of aromatic amines is 1. The summed E-state index contributed by atoms with van der Waals surface area (Å²) in [4.78, 5) is 4.39. The Morgan fingerprint density at radius 3 is 2.64 bits per heavy atom. The van der Waals surface area contributed by atoms with Gasteiger partial charge in [-0.2, -0.15) is 5.10 Å². The third kappa shape index (κ3) is 1.95. The summed E-state index contributed by atoms with van der Waals surface area (Å²) >= 11 is 0. The Morgan fingerprint density at radius 2 is 2.07 bits per heavy atom. The highest BCUT2D eigenvalue weighted by molar-refractivity contribution is 4.99. The second-order valence-electron chi connectivity index (χ2n) is 4.30. The minimum Gasteiger partial charge on any atom is -0.324 e. The Hall–Kier alpha value is -0.900. The number of H-pyrrole nitrogens is 1. The minimum atomic E-state index is 0.454. The van der Waals surface area contributed by atoms with Crippen LogP contribution in [0.3, 0.4) is 0 Å². The average Bonchev–Trinajstić information content (AvgIpc) is 2.67.